The van der Waals surface area contributed by atoms with E-state index in [4.69, 9.17) is 5.11 Å². The maximum atomic E-state index is 9.37. The van der Waals surface area contributed by atoms with E-state index < -0.39 is 5.72 Å². The van der Waals surface area contributed by atoms with E-state index in [-0.39, 0.29) is 6.61 Å². The summed E-state index contributed by atoms with van der Waals surface area (Å²) in [5.74, 6) is 0. The van der Waals surface area contributed by atoms with Gasteiger partial charge in [-0.1, -0.05) is 0 Å². The average Bonchev–Trinajstić information content (AvgIpc) is 1.96. The Morgan fingerprint density at radius 3 is 2.80 bits per heavy atom. The zero-order chi connectivity index (χ0) is 7.61. The Hall–Kier alpha value is -0.160. The quantitative estimate of drug-likeness (QED) is 0.354. The zero-order valence-electron chi connectivity index (χ0n) is 6.09. The Kier molecular flexibility index (Phi) is 2.25. The Bertz CT molecular complexity index is 110. The molecule has 10 heavy (non-hydrogen) atoms. The molecule has 1 heterocycles. The summed E-state index contributed by atoms with van der Waals surface area (Å²) in [6.07, 6.45) is 0. The zero-order valence-corrected chi connectivity index (χ0v) is 6.09. The van der Waals surface area contributed by atoms with E-state index in [1.54, 1.807) is 0 Å². The molecule has 0 saturated carbocycles. The van der Waals surface area contributed by atoms with Crippen LogP contribution in [0, 0.1) is 0 Å². The van der Waals surface area contributed by atoms with Crippen LogP contribution in [0.4, 0.5) is 0 Å². The summed E-state index contributed by atoms with van der Waals surface area (Å²) in [5, 5.41) is 23.9. The van der Waals surface area contributed by atoms with Crippen LogP contribution in [0.25, 0.3) is 0 Å². The highest BCUT2D eigenvalue weighted by Gasteiger charge is 2.29. The molecule has 1 saturated heterocycles. The molecular weight excluding hydrogens is 132 g/mol. The first-order valence-corrected chi connectivity index (χ1v) is 3.48. The maximum absolute atomic E-state index is 9.37. The second-order valence-corrected chi connectivity index (χ2v) is 2.85. The second-order valence-electron chi connectivity index (χ2n) is 2.85. The molecule has 60 valence electrons. The highest BCUT2D eigenvalue weighted by Crippen LogP contribution is 2.01. The Morgan fingerprint density at radius 2 is 2.40 bits per heavy atom. The van der Waals surface area contributed by atoms with E-state index >= 15 is 0 Å². The van der Waals surface area contributed by atoms with E-state index in [1.807, 2.05) is 6.92 Å². The van der Waals surface area contributed by atoms with Gasteiger partial charge in [0.2, 0.25) is 0 Å². The Morgan fingerprint density at radius 1 is 1.70 bits per heavy atom. The van der Waals surface area contributed by atoms with Crippen molar-refractivity contribution in [2.24, 2.45) is 0 Å². The van der Waals surface area contributed by atoms with Crippen molar-refractivity contribution in [3.63, 3.8) is 0 Å². The summed E-state index contributed by atoms with van der Waals surface area (Å²) in [5.41, 5.74) is -1.10. The summed E-state index contributed by atoms with van der Waals surface area (Å²) in [6.45, 7) is 2.87. The highest BCUT2D eigenvalue weighted by atomic mass is 16.3. The fraction of sp³-hybridized carbons (Fsp3) is 1.00. The summed E-state index contributed by atoms with van der Waals surface area (Å²) in [7, 11) is 0. The second kappa shape index (κ2) is 2.84. The lowest BCUT2D eigenvalue weighted by Gasteiger charge is -2.35. The standard InChI is InChI=1S/C6H14N2O2/c1-5-2-8-6(10,4-9)3-7-5/h5,7-10H,2-4H2,1H3/t5-,6-/m0/s1. The fourth-order valence-corrected chi connectivity index (χ4v) is 0.933. The number of aliphatic hydroxyl groups excluding tert-OH is 1. The molecule has 1 fully saturated rings. The van der Waals surface area contributed by atoms with Crippen LogP contribution >= 0.6 is 0 Å². The van der Waals surface area contributed by atoms with Gasteiger partial charge in [0.05, 0.1) is 6.61 Å². The minimum Gasteiger partial charge on any atom is -0.392 e. The van der Waals surface area contributed by atoms with Gasteiger partial charge in [-0.05, 0) is 6.92 Å². The van der Waals surface area contributed by atoms with Gasteiger partial charge in [0.25, 0.3) is 0 Å². The minimum atomic E-state index is -1.10. The van der Waals surface area contributed by atoms with Gasteiger partial charge in [0.1, 0.15) is 0 Å². The van der Waals surface area contributed by atoms with Crippen molar-refractivity contribution < 1.29 is 10.2 Å². The van der Waals surface area contributed by atoms with Crippen molar-refractivity contribution in [3.8, 4) is 0 Å². The van der Waals surface area contributed by atoms with Gasteiger partial charge in [0, 0.05) is 19.1 Å². The predicted octanol–water partition coefficient (Wildman–Crippen LogP) is -1.75. The summed E-state index contributed by atoms with van der Waals surface area (Å²) in [4.78, 5) is 0. The number of rotatable bonds is 1. The van der Waals surface area contributed by atoms with Crippen LogP contribution in [0.3, 0.4) is 0 Å². The lowest BCUT2D eigenvalue weighted by molar-refractivity contribution is -0.0564. The van der Waals surface area contributed by atoms with Crippen molar-refractivity contribution in [1.82, 2.24) is 10.6 Å². The predicted molar refractivity (Wildman–Crippen MR) is 37.5 cm³/mol. The van der Waals surface area contributed by atoms with Crippen molar-refractivity contribution in [2.45, 2.75) is 18.7 Å². The molecule has 0 aromatic heterocycles. The number of hydrogen-bond donors (Lipinski definition) is 4. The van der Waals surface area contributed by atoms with Gasteiger partial charge in [-0.25, -0.2) is 0 Å². The lowest BCUT2D eigenvalue weighted by Crippen LogP contribution is -2.64. The number of aliphatic hydroxyl groups is 2. The summed E-state index contributed by atoms with van der Waals surface area (Å²) < 4.78 is 0. The summed E-state index contributed by atoms with van der Waals surface area (Å²) in [6, 6.07) is 0.367. The van der Waals surface area contributed by atoms with E-state index in [0.717, 1.165) is 0 Å². The smallest absolute Gasteiger partial charge is 0.151 e. The van der Waals surface area contributed by atoms with Crippen LogP contribution in [-0.2, 0) is 0 Å². The van der Waals surface area contributed by atoms with Crippen molar-refractivity contribution >= 4 is 0 Å². The Labute approximate surface area is 60.2 Å². The van der Waals surface area contributed by atoms with E-state index in [9.17, 15) is 5.11 Å². The van der Waals surface area contributed by atoms with Crippen LogP contribution in [0.1, 0.15) is 6.92 Å². The average molecular weight is 146 g/mol. The molecule has 4 heteroatoms. The molecule has 1 aliphatic heterocycles. The van der Waals surface area contributed by atoms with Gasteiger partial charge < -0.3 is 15.5 Å². The molecule has 2 atom stereocenters. The molecule has 0 unspecified atom stereocenters. The first-order chi connectivity index (χ1) is 4.66. The normalized spacial score (nSPS) is 41.7. The molecule has 0 radical (unpaired) electrons. The molecule has 0 aromatic carbocycles. The number of hydrogen-bond acceptors (Lipinski definition) is 4. The molecule has 4 N–H and O–H groups in total. The van der Waals surface area contributed by atoms with Crippen molar-refractivity contribution in [2.75, 3.05) is 19.7 Å². The van der Waals surface area contributed by atoms with Gasteiger partial charge in [-0.15, -0.1) is 0 Å². The van der Waals surface area contributed by atoms with Gasteiger partial charge in [-0.3, -0.25) is 5.32 Å². The number of nitrogens with one attached hydrogen (secondary N) is 2. The SMILES string of the molecule is C[C@H]1CN[C@@](O)(CO)CN1. The van der Waals surface area contributed by atoms with Crippen LogP contribution < -0.4 is 10.6 Å². The van der Waals surface area contributed by atoms with E-state index in [0.29, 0.717) is 19.1 Å². The topological polar surface area (TPSA) is 64.5 Å². The third kappa shape index (κ3) is 1.67. The van der Waals surface area contributed by atoms with Crippen LogP contribution in [0.5, 0.6) is 0 Å². The van der Waals surface area contributed by atoms with Gasteiger partial charge in [0.15, 0.2) is 5.72 Å². The largest absolute Gasteiger partial charge is 0.392 e. The molecule has 1 rings (SSSR count). The fourth-order valence-electron chi connectivity index (χ4n) is 0.933. The van der Waals surface area contributed by atoms with E-state index in [2.05, 4.69) is 10.6 Å². The number of β-amino-alcohol motifs (C(OH)–C–C–N with tert-alkyl or cyclic N) is 1. The highest BCUT2D eigenvalue weighted by molar-refractivity contribution is 4.85. The van der Waals surface area contributed by atoms with Crippen molar-refractivity contribution in [1.29, 1.82) is 0 Å². The van der Waals surface area contributed by atoms with Gasteiger partial charge in [-0.2, -0.15) is 0 Å². The minimum absolute atomic E-state index is 0.243. The summed E-state index contributed by atoms with van der Waals surface area (Å²) >= 11 is 0. The molecule has 0 spiro atoms. The number of piperazine rings is 1. The molecule has 0 bridgehead atoms. The van der Waals surface area contributed by atoms with Crippen molar-refractivity contribution in [3.05, 3.63) is 0 Å². The molecule has 0 aromatic rings. The first kappa shape index (κ1) is 7.94. The molecule has 1 aliphatic rings. The lowest BCUT2D eigenvalue weighted by atomic mass is 10.1. The molecule has 4 nitrogen and oxygen atoms in total. The van der Waals surface area contributed by atoms with Crippen LogP contribution in [-0.4, -0.2) is 41.7 Å². The molecule has 0 aliphatic carbocycles. The molecule has 0 amide bonds. The van der Waals surface area contributed by atoms with Crippen LogP contribution in [0.15, 0.2) is 0 Å². The maximum Gasteiger partial charge on any atom is 0.151 e. The van der Waals surface area contributed by atoms with E-state index in [1.165, 1.54) is 0 Å². The monoisotopic (exact) mass is 146 g/mol. The first-order valence-electron chi connectivity index (χ1n) is 3.48. The third-order valence-electron chi connectivity index (χ3n) is 1.74. The third-order valence-corrected chi connectivity index (χ3v) is 1.74. The Balaban J connectivity index is 2.38. The molecular formula is C6H14N2O2. The van der Waals surface area contributed by atoms with Crippen LogP contribution in [0.2, 0.25) is 0 Å². The van der Waals surface area contributed by atoms with Gasteiger partial charge >= 0.3 is 0 Å².